The Morgan fingerprint density at radius 1 is 1.29 bits per heavy atom. The van der Waals surface area contributed by atoms with Crippen molar-refractivity contribution in [3.63, 3.8) is 0 Å². The number of aromatic amines is 1. The third-order valence-electron chi connectivity index (χ3n) is 3.85. The lowest BCUT2D eigenvalue weighted by Crippen LogP contribution is -1.96. The first-order chi connectivity index (χ1) is 13.4. The zero-order valence-electron chi connectivity index (χ0n) is 14.8. The number of nitrogens with zero attached hydrogens (tertiary/aromatic N) is 3. The predicted octanol–water partition coefficient (Wildman–Crippen LogP) is 4.11. The van der Waals surface area contributed by atoms with E-state index in [1.54, 1.807) is 18.3 Å². The summed E-state index contributed by atoms with van der Waals surface area (Å²) in [6, 6.07) is 16.3. The van der Waals surface area contributed by atoms with Gasteiger partial charge in [-0.25, -0.2) is 13.4 Å². The van der Waals surface area contributed by atoms with Crippen LogP contribution in [0.25, 0.3) is 0 Å². The van der Waals surface area contributed by atoms with E-state index < -0.39 is 9.84 Å². The number of hydrogen-bond donors (Lipinski definition) is 2. The van der Waals surface area contributed by atoms with Crippen LogP contribution in [0.4, 0.5) is 17.3 Å². The number of halogens is 1. The van der Waals surface area contributed by atoms with Gasteiger partial charge in [0.05, 0.1) is 4.90 Å². The van der Waals surface area contributed by atoms with Crippen LogP contribution in [0.1, 0.15) is 16.7 Å². The lowest BCUT2D eigenvalue weighted by Gasteiger charge is -2.04. The van der Waals surface area contributed by atoms with Gasteiger partial charge in [0.25, 0.3) is 0 Å². The molecule has 3 rings (SSSR count). The smallest absolute Gasteiger partial charge is 0.175 e. The second-order valence-electron chi connectivity index (χ2n) is 5.97. The molecule has 1 aromatic heterocycles. The quantitative estimate of drug-likeness (QED) is 0.298. The van der Waals surface area contributed by atoms with Gasteiger partial charge in [0, 0.05) is 22.6 Å². The van der Waals surface area contributed by atoms with Crippen molar-refractivity contribution in [1.29, 1.82) is 5.26 Å². The van der Waals surface area contributed by atoms with Crippen LogP contribution in [0.3, 0.4) is 0 Å². The molecule has 2 N–H and O–H groups in total. The van der Waals surface area contributed by atoms with Gasteiger partial charge in [-0.3, -0.25) is 5.10 Å². The molecule has 0 radical (unpaired) electrons. The summed E-state index contributed by atoms with van der Waals surface area (Å²) >= 11 is 2.29. The van der Waals surface area contributed by atoms with E-state index in [1.165, 1.54) is 12.1 Å². The highest BCUT2D eigenvalue weighted by Crippen LogP contribution is 2.26. The molecule has 0 bridgehead atoms. The molecule has 0 spiro atoms. The largest absolute Gasteiger partial charge is 0.338 e. The lowest BCUT2D eigenvalue weighted by molar-refractivity contribution is 0.602. The zero-order valence-corrected chi connectivity index (χ0v) is 17.8. The number of H-pyrrole nitrogens is 1. The molecule has 0 saturated heterocycles. The number of hydrogen-bond acceptors (Lipinski definition) is 6. The van der Waals surface area contributed by atoms with Gasteiger partial charge in [-0.15, -0.1) is 0 Å². The van der Waals surface area contributed by atoms with Crippen molar-refractivity contribution in [2.75, 3.05) is 11.6 Å². The SMILES string of the molecule is CS(=O)(=O)c1ccc(/C=N/c2[nH]nc(Nc3cccc(CI)c3)c2C#N)cc1. The first kappa shape index (κ1) is 20.0. The standard InChI is InChI=1S/C19H16IN5O2S/c1-28(26,27)16-7-5-13(6-8-16)12-22-18-17(11-21)19(25-24-18)23-15-4-2-3-14(9-15)10-20/h2-9,12H,10H2,1H3,(H2,23,24,25)/b22-12+. The van der Waals surface area contributed by atoms with Crippen LogP contribution in [0.15, 0.2) is 58.4 Å². The van der Waals surface area contributed by atoms with E-state index in [4.69, 9.17) is 0 Å². The molecule has 3 aromatic rings. The highest BCUT2D eigenvalue weighted by atomic mass is 127. The number of rotatable bonds is 6. The average Bonchev–Trinajstić information content (AvgIpc) is 3.07. The summed E-state index contributed by atoms with van der Waals surface area (Å²) in [7, 11) is -3.24. The summed E-state index contributed by atoms with van der Waals surface area (Å²) in [5, 5.41) is 19.5. The molecule has 2 aromatic carbocycles. The van der Waals surface area contributed by atoms with Crippen LogP contribution in [-0.4, -0.2) is 31.1 Å². The summed E-state index contributed by atoms with van der Waals surface area (Å²) in [5.41, 5.74) is 3.00. The molecule has 28 heavy (non-hydrogen) atoms. The van der Waals surface area contributed by atoms with E-state index in [0.29, 0.717) is 22.8 Å². The minimum Gasteiger partial charge on any atom is -0.338 e. The van der Waals surface area contributed by atoms with Crippen molar-refractivity contribution in [2.24, 2.45) is 4.99 Å². The monoisotopic (exact) mass is 505 g/mol. The van der Waals surface area contributed by atoms with Crippen LogP contribution in [0, 0.1) is 11.3 Å². The topological polar surface area (TPSA) is 111 Å². The Morgan fingerprint density at radius 2 is 2.04 bits per heavy atom. The number of nitrogens with one attached hydrogen (secondary N) is 2. The van der Waals surface area contributed by atoms with E-state index in [9.17, 15) is 13.7 Å². The Hall–Kier alpha value is -2.71. The van der Waals surface area contributed by atoms with Crippen molar-refractivity contribution in [3.8, 4) is 6.07 Å². The second kappa shape index (κ2) is 8.53. The fourth-order valence-corrected chi connectivity index (χ4v) is 3.54. The molecule has 142 valence electrons. The van der Waals surface area contributed by atoms with Gasteiger partial charge >= 0.3 is 0 Å². The summed E-state index contributed by atoms with van der Waals surface area (Å²) in [6.07, 6.45) is 2.70. The molecule has 7 nitrogen and oxygen atoms in total. The normalized spacial score (nSPS) is 11.5. The van der Waals surface area contributed by atoms with Gasteiger partial charge in [0.2, 0.25) is 0 Å². The highest BCUT2D eigenvalue weighted by molar-refractivity contribution is 14.1. The van der Waals surface area contributed by atoms with E-state index >= 15 is 0 Å². The van der Waals surface area contributed by atoms with Gasteiger partial charge in [0.1, 0.15) is 11.6 Å². The van der Waals surface area contributed by atoms with Gasteiger partial charge in [0.15, 0.2) is 21.5 Å². The summed E-state index contributed by atoms with van der Waals surface area (Å²) in [4.78, 5) is 4.52. The summed E-state index contributed by atoms with van der Waals surface area (Å²) in [6.45, 7) is 0. The molecule has 0 atom stereocenters. The van der Waals surface area contributed by atoms with Crippen LogP contribution < -0.4 is 5.32 Å². The molecule has 0 aliphatic carbocycles. The molecule has 0 fully saturated rings. The molecule has 0 unspecified atom stereocenters. The highest BCUT2D eigenvalue weighted by Gasteiger charge is 2.12. The van der Waals surface area contributed by atoms with Crippen LogP contribution in [0.5, 0.6) is 0 Å². The van der Waals surface area contributed by atoms with Crippen molar-refractivity contribution in [2.45, 2.75) is 9.32 Å². The lowest BCUT2D eigenvalue weighted by atomic mass is 10.2. The molecule has 0 amide bonds. The molecule has 0 saturated carbocycles. The third kappa shape index (κ3) is 4.76. The zero-order chi connectivity index (χ0) is 20.1. The molecular formula is C19H16IN5O2S. The van der Waals surface area contributed by atoms with Gasteiger partial charge in [-0.2, -0.15) is 10.4 Å². The fraction of sp³-hybridized carbons (Fsp3) is 0.105. The van der Waals surface area contributed by atoms with Gasteiger partial charge < -0.3 is 5.32 Å². The van der Waals surface area contributed by atoms with E-state index in [-0.39, 0.29) is 4.90 Å². The molecule has 1 heterocycles. The first-order valence-electron chi connectivity index (χ1n) is 8.15. The number of aromatic nitrogens is 2. The van der Waals surface area contributed by atoms with Crippen molar-refractivity contribution >= 4 is 56.0 Å². The Bertz CT molecular complexity index is 1160. The first-order valence-corrected chi connectivity index (χ1v) is 11.6. The minimum absolute atomic E-state index is 0.240. The Kier molecular flexibility index (Phi) is 6.11. The Balaban J connectivity index is 1.82. The second-order valence-corrected chi connectivity index (χ2v) is 8.74. The maximum atomic E-state index is 11.5. The molecule has 9 heteroatoms. The van der Waals surface area contributed by atoms with E-state index in [2.05, 4.69) is 49.2 Å². The maximum Gasteiger partial charge on any atom is 0.175 e. The molecule has 0 aliphatic heterocycles. The average molecular weight is 505 g/mol. The number of nitriles is 1. The number of anilines is 2. The Labute approximate surface area is 176 Å². The van der Waals surface area contributed by atoms with Crippen molar-refractivity contribution < 1.29 is 8.42 Å². The number of sulfone groups is 1. The van der Waals surface area contributed by atoms with Crippen LogP contribution in [-0.2, 0) is 14.3 Å². The molecule has 0 aliphatic rings. The van der Waals surface area contributed by atoms with E-state index in [0.717, 1.165) is 21.9 Å². The Morgan fingerprint density at radius 3 is 2.68 bits per heavy atom. The number of alkyl halides is 1. The minimum atomic E-state index is -3.24. The third-order valence-corrected chi connectivity index (χ3v) is 5.86. The van der Waals surface area contributed by atoms with Crippen molar-refractivity contribution in [1.82, 2.24) is 10.2 Å². The fourth-order valence-electron chi connectivity index (χ4n) is 2.43. The number of benzene rings is 2. The summed E-state index contributed by atoms with van der Waals surface area (Å²) < 4.78 is 23.9. The van der Waals surface area contributed by atoms with Crippen LogP contribution >= 0.6 is 22.6 Å². The van der Waals surface area contributed by atoms with Crippen LogP contribution in [0.2, 0.25) is 0 Å². The van der Waals surface area contributed by atoms with Gasteiger partial charge in [-0.1, -0.05) is 46.9 Å². The van der Waals surface area contributed by atoms with Crippen molar-refractivity contribution in [3.05, 3.63) is 65.2 Å². The maximum absolute atomic E-state index is 11.5. The summed E-state index contributed by atoms with van der Waals surface area (Å²) in [5.74, 6) is 0.718. The van der Waals surface area contributed by atoms with Gasteiger partial charge in [-0.05, 0) is 35.4 Å². The molecular weight excluding hydrogens is 489 g/mol. The van der Waals surface area contributed by atoms with E-state index in [1.807, 2.05) is 24.3 Å². The predicted molar refractivity (Wildman–Crippen MR) is 118 cm³/mol. The number of aliphatic imine (C=N–C) groups is 1.